The summed E-state index contributed by atoms with van der Waals surface area (Å²) in [5.41, 5.74) is 10.2. The van der Waals surface area contributed by atoms with Crippen LogP contribution in [0.1, 0.15) is 36.8 Å². The molecule has 1 aromatic carbocycles. The maximum Gasteiger partial charge on any atom is 0.0767 e. The third-order valence-corrected chi connectivity index (χ3v) is 4.87. The van der Waals surface area contributed by atoms with Gasteiger partial charge in [0.1, 0.15) is 0 Å². The molecular formula is C16H23BrN4. The Bertz CT molecular complexity index is 621. The molecule has 0 bridgehead atoms. The molecule has 1 atom stereocenters. The summed E-state index contributed by atoms with van der Waals surface area (Å²) in [4.78, 5) is 2.30. The molecule has 0 aliphatic carbocycles. The van der Waals surface area contributed by atoms with E-state index in [1.165, 1.54) is 11.3 Å². The van der Waals surface area contributed by atoms with Crippen molar-refractivity contribution in [1.82, 2.24) is 14.7 Å². The van der Waals surface area contributed by atoms with Crippen LogP contribution < -0.4 is 5.73 Å². The highest BCUT2D eigenvalue weighted by Crippen LogP contribution is 2.26. The summed E-state index contributed by atoms with van der Waals surface area (Å²) in [6, 6.07) is 8.37. The van der Waals surface area contributed by atoms with Gasteiger partial charge < -0.3 is 5.73 Å². The van der Waals surface area contributed by atoms with E-state index in [9.17, 15) is 0 Å². The zero-order chi connectivity index (χ0) is 15.6. The van der Waals surface area contributed by atoms with E-state index in [1.54, 1.807) is 0 Å². The van der Waals surface area contributed by atoms with Gasteiger partial charge in [0.15, 0.2) is 0 Å². The van der Waals surface area contributed by atoms with E-state index in [0.717, 1.165) is 28.8 Å². The average molecular weight is 351 g/mol. The highest BCUT2D eigenvalue weighted by atomic mass is 79.9. The molecule has 1 aromatic heterocycles. The number of nitrogens with zero attached hydrogens (tertiary/aromatic N) is 3. The van der Waals surface area contributed by atoms with Gasteiger partial charge in [-0.05, 0) is 54.0 Å². The molecule has 0 radical (unpaired) electrons. The van der Waals surface area contributed by atoms with Crippen LogP contribution in [0.25, 0.3) is 0 Å². The van der Waals surface area contributed by atoms with Crippen LogP contribution in [0.15, 0.2) is 28.7 Å². The summed E-state index contributed by atoms with van der Waals surface area (Å²) >= 11 is 3.68. The standard InChI is InChI=1S/C16H23BrN4/c1-5-14-16(17)15(21(4)19-14)10-20(3)11(2)12-7-6-8-13(18)9-12/h6-9,11H,5,10,18H2,1-4H3. The van der Waals surface area contributed by atoms with Crippen LogP contribution in [0.3, 0.4) is 0 Å². The Labute approximate surface area is 135 Å². The summed E-state index contributed by atoms with van der Waals surface area (Å²) < 4.78 is 3.09. The van der Waals surface area contributed by atoms with Crippen LogP contribution in [0.5, 0.6) is 0 Å². The highest BCUT2D eigenvalue weighted by Gasteiger charge is 2.18. The summed E-state index contributed by atoms with van der Waals surface area (Å²) in [6.07, 6.45) is 0.933. The second kappa shape index (κ2) is 6.62. The van der Waals surface area contributed by atoms with E-state index < -0.39 is 0 Å². The second-order valence-electron chi connectivity index (χ2n) is 5.45. The molecule has 4 nitrogen and oxygen atoms in total. The van der Waals surface area contributed by atoms with Gasteiger partial charge >= 0.3 is 0 Å². The lowest BCUT2D eigenvalue weighted by Crippen LogP contribution is -2.23. The minimum absolute atomic E-state index is 0.292. The number of nitrogen functional groups attached to an aromatic ring is 1. The number of nitrogens with two attached hydrogens (primary N) is 1. The number of anilines is 1. The van der Waals surface area contributed by atoms with Crippen LogP contribution in [0, 0.1) is 0 Å². The van der Waals surface area contributed by atoms with E-state index >= 15 is 0 Å². The third-order valence-electron chi connectivity index (χ3n) is 3.96. The van der Waals surface area contributed by atoms with Crippen molar-refractivity contribution in [2.24, 2.45) is 7.05 Å². The first-order valence-corrected chi connectivity index (χ1v) is 7.99. The lowest BCUT2D eigenvalue weighted by atomic mass is 10.1. The van der Waals surface area contributed by atoms with Crippen LogP contribution in [0.4, 0.5) is 5.69 Å². The fourth-order valence-electron chi connectivity index (χ4n) is 2.44. The molecule has 1 unspecified atom stereocenters. The van der Waals surface area contributed by atoms with E-state index in [4.69, 9.17) is 5.73 Å². The Hall–Kier alpha value is -1.33. The van der Waals surface area contributed by atoms with Crippen molar-refractivity contribution >= 4 is 21.6 Å². The van der Waals surface area contributed by atoms with Gasteiger partial charge in [-0.15, -0.1) is 0 Å². The molecule has 5 heteroatoms. The lowest BCUT2D eigenvalue weighted by molar-refractivity contribution is 0.246. The smallest absolute Gasteiger partial charge is 0.0767 e. The van der Waals surface area contributed by atoms with Crippen molar-refractivity contribution in [3.05, 3.63) is 45.7 Å². The first-order valence-electron chi connectivity index (χ1n) is 7.20. The van der Waals surface area contributed by atoms with E-state index in [-0.39, 0.29) is 0 Å². The van der Waals surface area contributed by atoms with Gasteiger partial charge in [-0.1, -0.05) is 19.1 Å². The maximum absolute atomic E-state index is 5.88. The van der Waals surface area contributed by atoms with Crippen molar-refractivity contribution in [2.45, 2.75) is 32.9 Å². The number of benzene rings is 1. The van der Waals surface area contributed by atoms with E-state index in [0.29, 0.717) is 6.04 Å². The topological polar surface area (TPSA) is 47.1 Å². The quantitative estimate of drug-likeness (QED) is 0.839. The van der Waals surface area contributed by atoms with Crippen molar-refractivity contribution < 1.29 is 0 Å². The lowest BCUT2D eigenvalue weighted by Gasteiger charge is -2.25. The Morgan fingerprint density at radius 1 is 1.43 bits per heavy atom. The third kappa shape index (κ3) is 3.47. The van der Waals surface area contributed by atoms with E-state index in [1.807, 2.05) is 29.9 Å². The van der Waals surface area contributed by atoms with Crippen molar-refractivity contribution in [2.75, 3.05) is 12.8 Å². The van der Waals surface area contributed by atoms with E-state index in [2.05, 4.69) is 52.9 Å². The number of aryl methyl sites for hydroxylation is 2. The second-order valence-corrected chi connectivity index (χ2v) is 6.24. The Kier molecular flexibility index (Phi) is 5.06. The number of rotatable bonds is 5. The highest BCUT2D eigenvalue weighted by molar-refractivity contribution is 9.10. The molecule has 0 amide bonds. The molecule has 0 aliphatic rings. The zero-order valence-corrected chi connectivity index (χ0v) is 14.7. The summed E-state index contributed by atoms with van der Waals surface area (Å²) in [6.45, 7) is 5.15. The van der Waals surface area contributed by atoms with Crippen molar-refractivity contribution in [3.63, 3.8) is 0 Å². The SMILES string of the molecule is CCc1nn(C)c(CN(C)C(C)c2cccc(N)c2)c1Br. The maximum atomic E-state index is 5.88. The summed E-state index contributed by atoms with van der Waals surface area (Å²) in [5.74, 6) is 0. The molecular weight excluding hydrogens is 328 g/mol. The van der Waals surface area contributed by atoms with Gasteiger partial charge in [0.05, 0.1) is 15.9 Å². The Morgan fingerprint density at radius 3 is 2.71 bits per heavy atom. The van der Waals surface area contributed by atoms with Crippen LogP contribution >= 0.6 is 15.9 Å². The number of halogens is 1. The molecule has 0 aliphatic heterocycles. The molecule has 114 valence electrons. The van der Waals surface area contributed by atoms with Gasteiger partial charge in [-0.2, -0.15) is 5.10 Å². The molecule has 0 saturated carbocycles. The van der Waals surface area contributed by atoms with Crippen LogP contribution in [-0.4, -0.2) is 21.7 Å². The number of hydrogen-bond acceptors (Lipinski definition) is 3. The molecule has 2 rings (SSSR count). The van der Waals surface area contributed by atoms with Crippen molar-refractivity contribution in [1.29, 1.82) is 0 Å². The monoisotopic (exact) mass is 350 g/mol. The summed E-state index contributed by atoms with van der Waals surface area (Å²) in [7, 11) is 4.12. The predicted octanol–water partition coefficient (Wildman–Crippen LogP) is 3.52. The number of aromatic nitrogens is 2. The molecule has 2 aromatic rings. The Morgan fingerprint density at radius 2 is 2.14 bits per heavy atom. The molecule has 1 heterocycles. The fraction of sp³-hybridized carbons (Fsp3) is 0.438. The van der Waals surface area contributed by atoms with Gasteiger partial charge in [-0.3, -0.25) is 9.58 Å². The first kappa shape index (κ1) is 16.0. The Balaban J connectivity index is 2.18. The largest absolute Gasteiger partial charge is 0.399 e. The molecule has 2 N–H and O–H groups in total. The summed E-state index contributed by atoms with van der Waals surface area (Å²) in [5, 5.41) is 4.55. The molecule has 0 fully saturated rings. The first-order chi connectivity index (χ1) is 9.93. The predicted molar refractivity (Wildman–Crippen MR) is 91.0 cm³/mol. The minimum Gasteiger partial charge on any atom is -0.399 e. The van der Waals surface area contributed by atoms with Gasteiger partial charge in [0.2, 0.25) is 0 Å². The molecule has 21 heavy (non-hydrogen) atoms. The van der Waals surface area contributed by atoms with Crippen LogP contribution in [-0.2, 0) is 20.0 Å². The normalized spacial score (nSPS) is 12.9. The minimum atomic E-state index is 0.292. The number of hydrogen-bond donors (Lipinski definition) is 1. The van der Waals surface area contributed by atoms with Gasteiger partial charge in [0.25, 0.3) is 0 Å². The zero-order valence-electron chi connectivity index (χ0n) is 13.1. The van der Waals surface area contributed by atoms with Crippen molar-refractivity contribution in [3.8, 4) is 0 Å². The molecule has 0 spiro atoms. The molecule has 0 saturated heterocycles. The van der Waals surface area contributed by atoms with Gasteiger partial charge in [0, 0.05) is 25.3 Å². The average Bonchev–Trinajstić information content (AvgIpc) is 2.73. The van der Waals surface area contributed by atoms with Crippen LogP contribution in [0.2, 0.25) is 0 Å². The fourth-order valence-corrected chi connectivity index (χ4v) is 3.18. The van der Waals surface area contributed by atoms with Gasteiger partial charge in [-0.25, -0.2) is 0 Å².